The maximum absolute atomic E-state index is 4.67. The van der Waals surface area contributed by atoms with E-state index in [0.29, 0.717) is 6.04 Å². The SMILES string of the molecule is Cl.c1ccc(Cn2ncc3c2CCCC3NCc2cccs2)cc1. The number of hydrogen-bond donors (Lipinski definition) is 1. The first-order valence-electron chi connectivity index (χ1n) is 8.24. The Morgan fingerprint density at radius 3 is 2.83 bits per heavy atom. The number of hydrogen-bond acceptors (Lipinski definition) is 3. The van der Waals surface area contributed by atoms with Gasteiger partial charge in [0.05, 0.1) is 12.7 Å². The molecule has 0 spiro atoms. The highest BCUT2D eigenvalue weighted by Gasteiger charge is 2.23. The minimum absolute atomic E-state index is 0. The summed E-state index contributed by atoms with van der Waals surface area (Å²) in [6, 6.07) is 15.3. The van der Waals surface area contributed by atoms with Crippen molar-refractivity contribution in [2.45, 2.75) is 38.4 Å². The van der Waals surface area contributed by atoms with Gasteiger partial charge in [0, 0.05) is 28.7 Å². The first kappa shape index (κ1) is 17.2. The van der Waals surface area contributed by atoms with Gasteiger partial charge in [0.1, 0.15) is 0 Å². The number of benzene rings is 1. The number of nitrogens with zero attached hydrogens (tertiary/aromatic N) is 2. The molecule has 0 amide bonds. The van der Waals surface area contributed by atoms with Gasteiger partial charge in [0.2, 0.25) is 0 Å². The van der Waals surface area contributed by atoms with Crippen LogP contribution in [0, 0.1) is 0 Å². The Labute approximate surface area is 153 Å². The second-order valence-electron chi connectivity index (χ2n) is 6.09. The topological polar surface area (TPSA) is 29.9 Å². The summed E-state index contributed by atoms with van der Waals surface area (Å²) in [5.41, 5.74) is 4.11. The molecule has 1 aliphatic rings. The second-order valence-corrected chi connectivity index (χ2v) is 7.13. The van der Waals surface area contributed by atoms with Crippen molar-refractivity contribution in [2.75, 3.05) is 0 Å². The molecule has 0 fully saturated rings. The third kappa shape index (κ3) is 3.72. The molecule has 0 saturated carbocycles. The van der Waals surface area contributed by atoms with E-state index in [1.54, 1.807) is 0 Å². The van der Waals surface area contributed by atoms with E-state index in [-0.39, 0.29) is 12.4 Å². The summed E-state index contributed by atoms with van der Waals surface area (Å²) in [7, 11) is 0. The Morgan fingerprint density at radius 1 is 1.17 bits per heavy atom. The zero-order chi connectivity index (χ0) is 15.5. The average Bonchev–Trinajstić information content (AvgIpc) is 3.24. The summed E-state index contributed by atoms with van der Waals surface area (Å²) >= 11 is 1.82. The highest BCUT2D eigenvalue weighted by atomic mass is 35.5. The molecule has 1 aromatic carbocycles. The molecule has 0 saturated heterocycles. The fourth-order valence-corrected chi connectivity index (χ4v) is 4.02. The van der Waals surface area contributed by atoms with Gasteiger partial charge in [-0.05, 0) is 36.3 Å². The van der Waals surface area contributed by atoms with Crippen molar-refractivity contribution >= 4 is 23.7 Å². The molecule has 1 aliphatic carbocycles. The minimum Gasteiger partial charge on any atom is -0.305 e. The first-order chi connectivity index (χ1) is 11.4. The number of fused-ring (bicyclic) bond motifs is 1. The molecule has 2 heterocycles. The molecule has 5 heteroatoms. The van der Waals surface area contributed by atoms with Crippen LogP contribution in [0.5, 0.6) is 0 Å². The molecule has 126 valence electrons. The quantitative estimate of drug-likeness (QED) is 0.722. The Bertz CT molecular complexity index is 752. The van der Waals surface area contributed by atoms with Crippen LogP contribution in [0.2, 0.25) is 0 Å². The Morgan fingerprint density at radius 2 is 2.04 bits per heavy atom. The maximum Gasteiger partial charge on any atom is 0.0662 e. The number of rotatable bonds is 5. The lowest BCUT2D eigenvalue weighted by Gasteiger charge is -2.24. The predicted octanol–water partition coefficient (Wildman–Crippen LogP) is 4.58. The van der Waals surface area contributed by atoms with Crippen molar-refractivity contribution in [3.8, 4) is 0 Å². The lowest BCUT2D eigenvalue weighted by Crippen LogP contribution is -2.25. The smallest absolute Gasteiger partial charge is 0.0662 e. The standard InChI is InChI=1S/C19H21N3S.ClH/c1-2-6-15(7-3-1)14-22-19-10-4-9-18(17(19)13-21-22)20-12-16-8-5-11-23-16;/h1-3,5-8,11,13,18,20H,4,9-10,12,14H2;1H. The molecule has 0 aliphatic heterocycles. The second kappa shape index (κ2) is 7.97. The van der Waals surface area contributed by atoms with E-state index < -0.39 is 0 Å². The van der Waals surface area contributed by atoms with Gasteiger partial charge in [-0.25, -0.2) is 0 Å². The van der Waals surface area contributed by atoms with Crippen molar-refractivity contribution in [1.29, 1.82) is 0 Å². The molecule has 0 radical (unpaired) electrons. The van der Waals surface area contributed by atoms with Crippen LogP contribution in [-0.4, -0.2) is 9.78 Å². The number of aromatic nitrogens is 2. The molecule has 1 atom stereocenters. The van der Waals surface area contributed by atoms with Crippen LogP contribution < -0.4 is 5.32 Å². The van der Waals surface area contributed by atoms with Crippen LogP contribution >= 0.6 is 23.7 Å². The largest absolute Gasteiger partial charge is 0.305 e. The van der Waals surface area contributed by atoms with E-state index in [2.05, 4.69) is 69.1 Å². The lowest BCUT2D eigenvalue weighted by molar-refractivity contribution is 0.451. The summed E-state index contributed by atoms with van der Waals surface area (Å²) in [4.78, 5) is 1.40. The van der Waals surface area contributed by atoms with Gasteiger partial charge >= 0.3 is 0 Å². The summed E-state index contributed by atoms with van der Waals surface area (Å²) in [6.07, 6.45) is 5.65. The van der Waals surface area contributed by atoms with Gasteiger partial charge in [-0.15, -0.1) is 23.7 Å². The minimum atomic E-state index is 0. The monoisotopic (exact) mass is 359 g/mol. The zero-order valence-electron chi connectivity index (χ0n) is 13.5. The van der Waals surface area contributed by atoms with Crippen molar-refractivity contribution < 1.29 is 0 Å². The number of halogens is 1. The Hall–Kier alpha value is -1.62. The van der Waals surface area contributed by atoms with E-state index in [0.717, 1.165) is 19.5 Å². The van der Waals surface area contributed by atoms with Crippen LogP contribution in [0.4, 0.5) is 0 Å². The van der Waals surface area contributed by atoms with Gasteiger partial charge < -0.3 is 5.32 Å². The van der Waals surface area contributed by atoms with Crippen LogP contribution in [0.15, 0.2) is 54.0 Å². The predicted molar refractivity (Wildman–Crippen MR) is 102 cm³/mol. The molecular formula is C19H22ClN3S. The van der Waals surface area contributed by atoms with E-state index in [4.69, 9.17) is 0 Å². The summed E-state index contributed by atoms with van der Waals surface area (Å²) in [6.45, 7) is 1.82. The molecule has 0 bridgehead atoms. The molecule has 4 rings (SSSR count). The van der Waals surface area contributed by atoms with E-state index in [1.807, 2.05) is 11.3 Å². The van der Waals surface area contributed by atoms with Gasteiger partial charge in [-0.1, -0.05) is 36.4 Å². The van der Waals surface area contributed by atoms with Crippen molar-refractivity contribution in [3.05, 3.63) is 75.7 Å². The molecule has 1 unspecified atom stereocenters. The van der Waals surface area contributed by atoms with Crippen LogP contribution in [0.1, 0.15) is 40.6 Å². The van der Waals surface area contributed by atoms with Crippen molar-refractivity contribution in [1.82, 2.24) is 15.1 Å². The average molecular weight is 360 g/mol. The highest BCUT2D eigenvalue weighted by Crippen LogP contribution is 2.30. The third-order valence-corrected chi connectivity index (χ3v) is 5.42. The van der Waals surface area contributed by atoms with Gasteiger partial charge in [-0.2, -0.15) is 5.10 Å². The third-order valence-electron chi connectivity index (χ3n) is 4.54. The molecule has 3 nitrogen and oxygen atoms in total. The molecule has 2 aromatic heterocycles. The number of thiophene rings is 1. The maximum atomic E-state index is 4.67. The van der Waals surface area contributed by atoms with E-state index >= 15 is 0 Å². The summed E-state index contributed by atoms with van der Waals surface area (Å²) in [5, 5.41) is 10.5. The van der Waals surface area contributed by atoms with Gasteiger partial charge in [0.25, 0.3) is 0 Å². The van der Waals surface area contributed by atoms with Crippen LogP contribution in [0.3, 0.4) is 0 Å². The molecule has 3 aromatic rings. The van der Waals surface area contributed by atoms with Gasteiger partial charge in [-0.3, -0.25) is 4.68 Å². The van der Waals surface area contributed by atoms with Crippen LogP contribution in [-0.2, 0) is 19.5 Å². The fraction of sp³-hybridized carbons (Fsp3) is 0.316. The lowest BCUT2D eigenvalue weighted by atomic mass is 9.93. The molecule has 1 N–H and O–H groups in total. The molecule has 24 heavy (non-hydrogen) atoms. The van der Waals surface area contributed by atoms with Crippen molar-refractivity contribution in [2.24, 2.45) is 0 Å². The molecular weight excluding hydrogens is 338 g/mol. The summed E-state index contributed by atoms with van der Waals surface area (Å²) < 4.78 is 2.18. The fourth-order valence-electron chi connectivity index (χ4n) is 3.36. The van der Waals surface area contributed by atoms with Crippen LogP contribution in [0.25, 0.3) is 0 Å². The van der Waals surface area contributed by atoms with E-state index in [9.17, 15) is 0 Å². The Kier molecular flexibility index (Phi) is 5.72. The van der Waals surface area contributed by atoms with E-state index in [1.165, 1.54) is 34.5 Å². The van der Waals surface area contributed by atoms with Crippen molar-refractivity contribution in [3.63, 3.8) is 0 Å². The first-order valence-corrected chi connectivity index (χ1v) is 9.12. The Balaban J connectivity index is 0.00000169. The summed E-state index contributed by atoms with van der Waals surface area (Å²) in [5.74, 6) is 0. The zero-order valence-corrected chi connectivity index (χ0v) is 15.2. The normalized spacial score (nSPS) is 16.4. The number of nitrogens with one attached hydrogen (secondary N) is 1. The highest BCUT2D eigenvalue weighted by molar-refractivity contribution is 7.09. The van der Waals surface area contributed by atoms with Gasteiger partial charge in [0.15, 0.2) is 0 Å².